The minimum absolute atomic E-state index is 0.0207. The van der Waals surface area contributed by atoms with Gasteiger partial charge in [0.2, 0.25) is 0 Å². The normalized spacial score (nSPS) is 11.9. The molecule has 0 atom stereocenters. The SMILES string of the molecule is O=S(=O)(Cl)c1ccc2c(I)cnc(Cl)c2c1. The number of hydrogen-bond acceptors (Lipinski definition) is 3. The number of hydrogen-bond donors (Lipinski definition) is 0. The van der Waals surface area contributed by atoms with Crippen LogP contribution in [0.2, 0.25) is 5.15 Å². The lowest BCUT2D eigenvalue weighted by atomic mass is 10.2. The summed E-state index contributed by atoms with van der Waals surface area (Å²) in [6.45, 7) is 0. The van der Waals surface area contributed by atoms with Crippen molar-refractivity contribution in [1.29, 1.82) is 0 Å². The zero-order valence-electron chi connectivity index (χ0n) is 7.62. The smallest absolute Gasteiger partial charge is 0.243 e. The maximum Gasteiger partial charge on any atom is 0.261 e. The van der Waals surface area contributed by atoms with Gasteiger partial charge in [-0.1, -0.05) is 17.7 Å². The molecule has 0 N–H and O–H groups in total. The highest BCUT2D eigenvalue weighted by Gasteiger charge is 2.12. The average molecular weight is 388 g/mol. The Hall–Kier alpha value is -0.110. The van der Waals surface area contributed by atoms with Gasteiger partial charge in [0.05, 0.1) is 4.90 Å². The summed E-state index contributed by atoms with van der Waals surface area (Å²) < 4.78 is 23.2. The predicted octanol–water partition coefficient (Wildman–Crippen LogP) is 3.42. The Morgan fingerprint density at radius 1 is 1.25 bits per heavy atom. The number of fused-ring (bicyclic) bond motifs is 1. The van der Waals surface area contributed by atoms with Crippen LogP contribution in [0.1, 0.15) is 0 Å². The third kappa shape index (κ3) is 2.27. The van der Waals surface area contributed by atoms with Gasteiger partial charge in [0, 0.05) is 25.8 Å². The van der Waals surface area contributed by atoms with Crippen LogP contribution in [0.25, 0.3) is 10.8 Å². The molecule has 0 spiro atoms. The molecule has 0 aliphatic rings. The van der Waals surface area contributed by atoms with Crippen LogP contribution in [0, 0.1) is 3.57 Å². The fourth-order valence-electron chi connectivity index (χ4n) is 1.31. The van der Waals surface area contributed by atoms with Crippen molar-refractivity contribution >= 4 is 64.7 Å². The van der Waals surface area contributed by atoms with Crippen LogP contribution in [0.5, 0.6) is 0 Å². The van der Waals surface area contributed by atoms with Crippen molar-refractivity contribution in [2.45, 2.75) is 4.90 Å². The topological polar surface area (TPSA) is 47.0 Å². The van der Waals surface area contributed by atoms with Gasteiger partial charge in [-0.05, 0) is 40.1 Å². The summed E-state index contributed by atoms with van der Waals surface area (Å²) in [7, 11) is 1.52. The van der Waals surface area contributed by atoms with Gasteiger partial charge in [0.1, 0.15) is 5.15 Å². The van der Waals surface area contributed by atoms with Crippen LogP contribution in [0.3, 0.4) is 0 Å². The first-order valence-corrected chi connectivity index (χ1v) is 7.84. The Morgan fingerprint density at radius 2 is 1.94 bits per heavy atom. The molecular weight excluding hydrogens is 384 g/mol. The van der Waals surface area contributed by atoms with Crippen molar-refractivity contribution < 1.29 is 8.42 Å². The van der Waals surface area contributed by atoms with Gasteiger partial charge in [-0.3, -0.25) is 0 Å². The van der Waals surface area contributed by atoms with Crippen molar-refractivity contribution in [3.63, 3.8) is 0 Å². The van der Waals surface area contributed by atoms with Gasteiger partial charge in [0.25, 0.3) is 9.05 Å². The van der Waals surface area contributed by atoms with Gasteiger partial charge in [0.15, 0.2) is 0 Å². The molecule has 1 heterocycles. The van der Waals surface area contributed by atoms with Gasteiger partial charge < -0.3 is 0 Å². The molecule has 0 fully saturated rings. The van der Waals surface area contributed by atoms with E-state index in [2.05, 4.69) is 27.6 Å². The van der Waals surface area contributed by atoms with Crippen LogP contribution in [-0.2, 0) is 9.05 Å². The first kappa shape index (κ1) is 12.3. The highest BCUT2D eigenvalue weighted by atomic mass is 127. The monoisotopic (exact) mass is 387 g/mol. The number of pyridine rings is 1. The zero-order chi connectivity index (χ0) is 11.9. The molecule has 84 valence electrons. The molecule has 2 rings (SSSR count). The molecule has 16 heavy (non-hydrogen) atoms. The lowest BCUT2D eigenvalue weighted by Gasteiger charge is -2.03. The lowest BCUT2D eigenvalue weighted by molar-refractivity contribution is 0.609. The van der Waals surface area contributed by atoms with Gasteiger partial charge in [-0.2, -0.15) is 0 Å². The van der Waals surface area contributed by atoms with E-state index in [4.69, 9.17) is 22.3 Å². The lowest BCUT2D eigenvalue weighted by Crippen LogP contribution is -1.92. The Kier molecular flexibility index (Phi) is 3.31. The van der Waals surface area contributed by atoms with Crippen LogP contribution < -0.4 is 0 Å². The van der Waals surface area contributed by atoms with E-state index in [0.717, 1.165) is 8.96 Å². The molecule has 0 saturated heterocycles. The summed E-state index contributed by atoms with van der Waals surface area (Å²) in [5.74, 6) is 0. The van der Waals surface area contributed by atoms with Gasteiger partial charge in [-0.15, -0.1) is 0 Å². The maximum absolute atomic E-state index is 11.2. The molecule has 7 heteroatoms. The quantitative estimate of drug-likeness (QED) is 0.428. The summed E-state index contributed by atoms with van der Waals surface area (Å²) in [6, 6.07) is 4.54. The third-order valence-corrected chi connectivity index (χ3v) is 4.56. The van der Waals surface area contributed by atoms with Crippen LogP contribution in [-0.4, -0.2) is 13.4 Å². The van der Waals surface area contributed by atoms with E-state index in [1.807, 2.05) is 0 Å². The largest absolute Gasteiger partial charge is 0.261 e. The highest BCUT2D eigenvalue weighted by molar-refractivity contribution is 14.1. The van der Waals surface area contributed by atoms with E-state index in [1.165, 1.54) is 12.1 Å². The minimum atomic E-state index is -3.74. The van der Waals surface area contributed by atoms with E-state index >= 15 is 0 Å². The molecule has 0 aliphatic heterocycles. The van der Waals surface area contributed by atoms with Crippen molar-refractivity contribution in [1.82, 2.24) is 4.98 Å². The summed E-state index contributed by atoms with van der Waals surface area (Å²) >= 11 is 8.00. The van der Waals surface area contributed by atoms with Crippen molar-refractivity contribution in [3.05, 3.63) is 33.1 Å². The zero-order valence-corrected chi connectivity index (χ0v) is 12.1. The average Bonchev–Trinajstić information content (AvgIpc) is 2.22. The fraction of sp³-hybridized carbons (Fsp3) is 0. The van der Waals surface area contributed by atoms with Crippen LogP contribution in [0.4, 0.5) is 0 Å². The van der Waals surface area contributed by atoms with E-state index in [0.29, 0.717) is 5.39 Å². The maximum atomic E-state index is 11.2. The second kappa shape index (κ2) is 4.29. The van der Waals surface area contributed by atoms with E-state index in [-0.39, 0.29) is 10.0 Å². The molecule has 0 amide bonds. The fourth-order valence-corrected chi connectivity index (χ4v) is 2.90. The molecule has 0 unspecified atom stereocenters. The summed E-state index contributed by atoms with van der Waals surface area (Å²) in [5, 5.41) is 1.69. The number of aromatic nitrogens is 1. The molecule has 2 aromatic rings. The van der Waals surface area contributed by atoms with Crippen molar-refractivity contribution in [2.24, 2.45) is 0 Å². The van der Waals surface area contributed by atoms with Crippen molar-refractivity contribution in [3.8, 4) is 0 Å². The Bertz CT molecular complexity index is 673. The van der Waals surface area contributed by atoms with Crippen molar-refractivity contribution in [2.75, 3.05) is 0 Å². The second-order valence-corrected chi connectivity index (χ2v) is 7.13. The Labute approximate surface area is 115 Å². The second-order valence-electron chi connectivity index (χ2n) is 3.04. The first-order chi connectivity index (χ1) is 7.39. The minimum Gasteiger partial charge on any atom is -0.243 e. The van der Waals surface area contributed by atoms with Crippen LogP contribution >= 0.6 is 44.9 Å². The number of rotatable bonds is 1. The molecule has 1 aromatic heterocycles. The summed E-state index contributed by atoms with van der Waals surface area (Å²) in [6.07, 6.45) is 1.63. The summed E-state index contributed by atoms with van der Waals surface area (Å²) in [5.41, 5.74) is 0. The predicted molar refractivity (Wildman–Crippen MR) is 72.5 cm³/mol. The molecule has 0 radical (unpaired) electrons. The third-order valence-electron chi connectivity index (χ3n) is 2.04. The number of benzene rings is 1. The Morgan fingerprint density at radius 3 is 2.56 bits per heavy atom. The molecular formula is C9H4Cl2INO2S. The molecule has 0 aliphatic carbocycles. The van der Waals surface area contributed by atoms with E-state index in [1.54, 1.807) is 12.3 Å². The summed E-state index contributed by atoms with van der Waals surface area (Å²) in [4.78, 5) is 3.97. The number of nitrogens with zero attached hydrogens (tertiary/aromatic N) is 1. The standard InChI is InChI=1S/C9H4Cl2INO2S/c10-9-7-3-5(16(11,14)15)1-2-6(7)8(12)4-13-9/h1-4H. The van der Waals surface area contributed by atoms with Crippen LogP contribution in [0.15, 0.2) is 29.3 Å². The number of halogens is 3. The Balaban J connectivity index is 2.86. The molecule has 0 bridgehead atoms. The molecule has 1 aromatic carbocycles. The van der Waals surface area contributed by atoms with E-state index < -0.39 is 9.05 Å². The van der Waals surface area contributed by atoms with E-state index in [9.17, 15) is 8.42 Å². The molecule has 3 nitrogen and oxygen atoms in total. The van der Waals surface area contributed by atoms with Gasteiger partial charge in [-0.25, -0.2) is 13.4 Å². The molecule has 0 saturated carbocycles. The van der Waals surface area contributed by atoms with Gasteiger partial charge >= 0.3 is 0 Å². The first-order valence-electron chi connectivity index (χ1n) is 4.08. The highest BCUT2D eigenvalue weighted by Crippen LogP contribution is 2.28.